The number of aryl methyl sites for hydroxylation is 1. The first kappa shape index (κ1) is 16.0. The monoisotopic (exact) mass is 329 g/mol. The second-order valence-electron chi connectivity index (χ2n) is 6.10. The molecule has 0 bridgehead atoms. The first-order valence-corrected chi connectivity index (χ1v) is 8.24. The van der Waals surface area contributed by atoms with Crippen molar-refractivity contribution in [3.63, 3.8) is 0 Å². The van der Waals surface area contributed by atoms with Gasteiger partial charge in [0, 0.05) is 11.6 Å². The van der Waals surface area contributed by atoms with Crippen LogP contribution in [0.2, 0.25) is 5.02 Å². The van der Waals surface area contributed by atoms with E-state index < -0.39 is 12.0 Å². The second kappa shape index (κ2) is 6.73. The van der Waals surface area contributed by atoms with Crippen molar-refractivity contribution >= 4 is 17.6 Å². The fourth-order valence-corrected chi connectivity index (χ4v) is 3.55. The summed E-state index contributed by atoms with van der Waals surface area (Å²) in [6.07, 6.45) is 1.61. The molecular weight excluding hydrogens is 310 g/mol. The summed E-state index contributed by atoms with van der Waals surface area (Å²) < 4.78 is 0. The van der Waals surface area contributed by atoms with E-state index in [9.17, 15) is 9.90 Å². The number of hydrogen-bond donors (Lipinski definition) is 1. The molecule has 1 heterocycles. The molecule has 0 saturated carbocycles. The van der Waals surface area contributed by atoms with Crippen molar-refractivity contribution in [2.75, 3.05) is 6.54 Å². The number of carboxylic acids is 1. The van der Waals surface area contributed by atoms with Gasteiger partial charge in [-0.1, -0.05) is 53.6 Å². The number of nitrogens with zero attached hydrogens (tertiary/aromatic N) is 1. The highest BCUT2D eigenvalue weighted by Crippen LogP contribution is 2.35. The van der Waals surface area contributed by atoms with Crippen molar-refractivity contribution in [3.8, 4) is 0 Å². The van der Waals surface area contributed by atoms with Crippen molar-refractivity contribution in [1.29, 1.82) is 0 Å². The van der Waals surface area contributed by atoms with Crippen LogP contribution >= 0.6 is 11.6 Å². The largest absolute Gasteiger partial charge is 0.480 e. The number of likely N-dealkylation sites (tertiary alicyclic amines) is 1. The van der Waals surface area contributed by atoms with Crippen LogP contribution in [0.3, 0.4) is 0 Å². The van der Waals surface area contributed by atoms with Crippen molar-refractivity contribution in [2.45, 2.75) is 31.8 Å². The lowest BCUT2D eigenvalue weighted by atomic mass is 9.95. The molecule has 4 heteroatoms. The van der Waals surface area contributed by atoms with E-state index in [0.29, 0.717) is 11.4 Å². The molecule has 2 unspecified atom stereocenters. The van der Waals surface area contributed by atoms with E-state index in [1.165, 1.54) is 5.56 Å². The first-order chi connectivity index (χ1) is 11.1. The number of carboxylic acid groups (broad SMARTS) is 1. The molecule has 23 heavy (non-hydrogen) atoms. The number of hydrogen-bond acceptors (Lipinski definition) is 2. The highest BCUT2D eigenvalue weighted by Gasteiger charge is 2.36. The van der Waals surface area contributed by atoms with Gasteiger partial charge in [-0.05, 0) is 43.0 Å². The Bertz CT molecular complexity index is 699. The van der Waals surface area contributed by atoms with Crippen LogP contribution in [0.15, 0.2) is 48.5 Å². The SMILES string of the molecule is Cc1cccc(C(c2ccc(Cl)cc2)N2CCCC2C(=O)O)c1. The molecule has 1 aliphatic heterocycles. The Morgan fingerprint density at radius 3 is 2.61 bits per heavy atom. The van der Waals surface area contributed by atoms with Gasteiger partial charge in [-0.15, -0.1) is 0 Å². The van der Waals surface area contributed by atoms with E-state index in [-0.39, 0.29) is 6.04 Å². The topological polar surface area (TPSA) is 40.5 Å². The molecule has 1 N–H and O–H groups in total. The summed E-state index contributed by atoms with van der Waals surface area (Å²) >= 11 is 6.02. The fraction of sp³-hybridized carbons (Fsp3) is 0.316. The van der Waals surface area contributed by atoms with Crippen LogP contribution in [-0.4, -0.2) is 28.6 Å². The highest BCUT2D eigenvalue weighted by atomic mass is 35.5. The van der Waals surface area contributed by atoms with Crippen molar-refractivity contribution in [1.82, 2.24) is 4.90 Å². The molecule has 2 atom stereocenters. The Morgan fingerprint density at radius 2 is 1.96 bits per heavy atom. The van der Waals surface area contributed by atoms with Gasteiger partial charge in [0.15, 0.2) is 0 Å². The molecule has 0 aliphatic carbocycles. The number of aliphatic carboxylic acids is 1. The quantitative estimate of drug-likeness (QED) is 0.909. The van der Waals surface area contributed by atoms with Crippen LogP contribution < -0.4 is 0 Å². The third-order valence-corrected chi connectivity index (χ3v) is 4.71. The van der Waals surface area contributed by atoms with E-state index >= 15 is 0 Å². The summed E-state index contributed by atoms with van der Waals surface area (Å²) in [5.41, 5.74) is 3.38. The van der Waals surface area contributed by atoms with Crippen molar-refractivity contribution < 1.29 is 9.90 Å². The van der Waals surface area contributed by atoms with Gasteiger partial charge >= 0.3 is 5.97 Å². The number of benzene rings is 2. The standard InChI is InChI=1S/C19H20ClNO2/c1-13-4-2-5-15(12-13)18(14-7-9-16(20)10-8-14)21-11-3-6-17(21)19(22)23/h2,4-5,7-10,12,17-18H,3,6,11H2,1H3,(H,22,23). The first-order valence-electron chi connectivity index (χ1n) is 7.87. The van der Waals surface area contributed by atoms with Gasteiger partial charge in [0.1, 0.15) is 6.04 Å². The minimum atomic E-state index is -0.742. The van der Waals surface area contributed by atoms with Gasteiger partial charge in [-0.3, -0.25) is 9.69 Å². The van der Waals surface area contributed by atoms with Crippen LogP contribution in [-0.2, 0) is 4.79 Å². The van der Waals surface area contributed by atoms with Gasteiger partial charge in [-0.25, -0.2) is 0 Å². The maximum Gasteiger partial charge on any atom is 0.320 e. The van der Waals surface area contributed by atoms with E-state index in [0.717, 1.165) is 24.1 Å². The molecule has 0 aromatic heterocycles. The Kier molecular flexibility index (Phi) is 4.69. The van der Waals surface area contributed by atoms with E-state index in [1.54, 1.807) is 0 Å². The normalized spacial score (nSPS) is 19.7. The average Bonchev–Trinajstić information content (AvgIpc) is 2.99. The summed E-state index contributed by atoms with van der Waals surface area (Å²) in [5, 5.41) is 10.3. The zero-order chi connectivity index (χ0) is 16.4. The van der Waals surface area contributed by atoms with E-state index in [4.69, 9.17) is 11.6 Å². The number of carbonyl (C=O) groups is 1. The van der Waals surface area contributed by atoms with Crippen molar-refractivity contribution in [2.24, 2.45) is 0 Å². The molecule has 3 rings (SSSR count). The Morgan fingerprint density at radius 1 is 1.22 bits per heavy atom. The Balaban J connectivity index is 2.06. The summed E-state index contributed by atoms with van der Waals surface area (Å²) in [4.78, 5) is 13.7. The molecule has 0 spiro atoms. The maximum absolute atomic E-state index is 11.6. The average molecular weight is 330 g/mol. The van der Waals surface area contributed by atoms with Gasteiger partial charge in [0.05, 0.1) is 6.04 Å². The third kappa shape index (κ3) is 3.41. The lowest BCUT2D eigenvalue weighted by molar-refractivity contribution is -0.142. The minimum Gasteiger partial charge on any atom is -0.480 e. The molecule has 0 radical (unpaired) electrons. The minimum absolute atomic E-state index is 0.0595. The zero-order valence-corrected chi connectivity index (χ0v) is 13.8. The molecule has 2 aromatic carbocycles. The molecule has 1 aliphatic rings. The molecule has 3 nitrogen and oxygen atoms in total. The second-order valence-corrected chi connectivity index (χ2v) is 6.54. The lowest BCUT2D eigenvalue weighted by Gasteiger charge is -2.32. The van der Waals surface area contributed by atoms with E-state index in [2.05, 4.69) is 30.0 Å². The van der Waals surface area contributed by atoms with Crippen LogP contribution in [0, 0.1) is 6.92 Å². The molecule has 1 fully saturated rings. The summed E-state index contributed by atoms with van der Waals surface area (Å²) in [5.74, 6) is -0.742. The van der Waals surface area contributed by atoms with E-state index in [1.807, 2.05) is 30.3 Å². The van der Waals surface area contributed by atoms with Gasteiger partial charge in [0.25, 0.3) is 0 Å². The predicted molar refractivity (Wildman–Crippen MR) is 91.8 cm³/mol. The fourth-order valence-electron chi connectivity index (χ4n) is 3.42. The Labute approximate surface area is 141 Å². The molecule has 0 amide bonds. The third-order valence-electron chi connectivity index (χ3n) is 4.45. The predicted octanol–water partition coefficient (Wildman–Crippen LogP) is 4.29. The van der Waals surface area contributed by atoms with Gasteiger partial charge < -0.3 is 5.11 Å². The van der Waals surface area contributed by atoms with Crippen LogP contribution in [0.4, 0.5) is 0 Å². The molecule has 1 saturated heterocycles. The Hall–Kier alpha value is -1.84. The van der Waals surface area contributed by atoms with Crippen LogP contribution in [0.25, 0.3) is 0 Å². The number of rotatable bonds is 4. The zero-order valence-electron chi connectivity index (χ0n) is 13.1. The number of halogens is 1. The van der Waals surface area contributed by atoms with Crippen LogP contribution in [0.1, 0.15) is 35.6 Å². The summed E-state index contributed by atoms with van der Waals surface area (Å²) in [6.45, 7) is 2.85. The van der Waals surface area contributed by atoms with Crippen LogP contribution in [0.5, 0.6) is 0 Å². The summed E-state index contributed by atoms with van der Waals surface area (Å²) in [7, 11) is 0. The van der Waals surface area contributed by atoms with Gasteiger partial charge in [-0.2, -0.15) is 0 Å². The lowest BCUT2D eigenvalue weighted by Crippen LogP contribution is -2.39. The highest BCUT2D eigenvalue weighted by molar-refractivity contribution is 6.30. The smallest absolute Gasteiger partial charge is 0.320 e. The maximum atomic E-state index is 11.6. The van der Waals surface area contributed by atoms with Gasteiger partial charge in [0.2, 0.25) is 0 Å². The molecule has 2 aromatic rings. The van der Waals surface area contributed by atoms with Crippen molar-refractivity contribution in [3.05, 3.63) is 70.2 Å². The summed E-state index contributed by atoms with van der Waals surface area (Å²) in [6, 6.07) is 15.5. The molecule has 120 valence electrons. The molecular formula is C19H20ClNO2.